The van der Waals surface area contributed by atoms with E-state index in [1.807, 2.05) is 19.1 Å². The number of fused-ring (bicyclic) bond motifs is 5. The molecule has 4 saturated carbocycles. The summed E-state index contributed by atoms with van der Waals surface area (Å²) in [6.07, 6.45) is 10.9. The van der Waals surface area contributed by atoms with Gasteiger partial charge in [0.15, 0.2) is 0 Å². The van der Waals surface area contributed by atoms with E-state index in [2.05, 4.69) is 15.4 Å². The zero-order valence-electron chi connectivity index (χ0n) is 33.2. The lowest BCUT2D eigenvalue weighted by atomic mass is 9.96. The number of alkyl carbamates (subject to hydrolysis) is 1. The van der Waals surface area contributed by atoms with Crippen LogP contribution in [0.1, 0.15) is 96.8 Å². The molecule has 314 valence electrons. The topological polar surface area (TPSA) is 204 Å². The van der Waals surface area contributed by atoms with Crippen molar-refractivity contribution >= 4 is 44.7 Å². The number of nitrogens with zero attached hydrogens (tertiary/aromatic N) is 3. The second-order valence-corrected chi connectivity index (χ2v) is 18.9. The summed E-state index contributed by atoms with van der Waals surface area (Å²) < 4.78 is 47.3. The molecule has 3 N–H and O–H groups in total. The summed E-state index contributed by atoms with van der Waals surface area (Å²) in [4.78, 5) is 76.9. The number of allylic oxidation sites excluding steroid dienone is 2. The molecule has 7 atom stereocenters. The van der Waals surface area contributed by atoms with Crippen LogP contribution in [0.3, 0.4) is 0 Å². The van der Waals surface area contributed by atoms with E-state index in [0.717, 1.165) is 38.5 Å². The number of rotatable bonds is 8. The average Bonchev–Trinajstić information content (AvgIpc) is 3.99. The lowest BCUT2D eigenvalue weighted by Gasteiger charge is -2.32. The first-order valence-electron chi connectivity index (χ1n) is 21.0. The normalized spacial score (nSPS) is 31.2. The monoisotopic (exact) mass is 822 g/mol. The number of hydrogen-bond donors (Lipinski definition) is 3. The van der Waals surface area contributed by atoms with Crippen molar-refractivity contribution in [2.24, 2.45) is 17.8 Å². The van der Waals surface area contributed by atoms with Crippen molar-refractivity contribution in [3.63, 3.8) is 0 Å². The van der Waals surface area contributed by atoms with Crippen LogP contribution in [0.4, 0.5) is 4.79 Å². The van der Waals surface area contributed by atoms with Crippen LogP contribution in [0, 0.1) is 17.8 Å². The number of carbonyl (C=O) groups is 4. The van der Waals surface area contributed by atoms with Crippen molar-refractivity contribution in [3.8, 4) is 11.8 Å². The van der Waals surface area contributed by atoms with Gasteiger partial charge in [0, 0.05) is 19.0 Å². The molecule has 1 aromatic carbocycles. The summed E-state index contributed by atoms with van der Waals surface area (Å²) in [5.74, 6) is -1.77. The van der Waals surface area contributed by atoms with E-state index < -0.39 is 62.8 Å². The molecule has 5 fully saturated rings. The van der Waals surface area contributed by atoms with Crippen LogP contribution in [-0.2, 0) is 35.7 Å². The fourth-order valence-electron chi connectivity index (χ4n) is 9.62. The van der Waals surface area contributed by atoms with Gasteiger partial charge < -0.3 is 29.7 Å². The van der Waals surface area contributed by atoms with E-state index in [9.17, 15) is 32.4 Å². The minimum absolute atomic E-state index is 0.00856. The zero-order chi connectivity index (χ0) is 40.8. The molecule has 8 rings (SSSR count). The van der Waals surface area contributed by atoms with Gasteiger partial charge in [-0.2, -0.15) is 4.98 Å². The van der Waals surface area contributed by atoms with E-state index in [4.69, 9.17) is 19.2 Å². The van der Waals surface area contributed by atoms with Gasteiger partial charge in [-0.3, -0.25) is 28.5 Å². The second-order valence-electron chi connectivity index (χ2n) is 17.0. The minimum Gasteiger partial charge on any atom is -0.497 e. The number of ether oxygens (including phenoxy) is 3. The molecule has 3 heterocycles. The maximum atomic E-state index is 14.9. The fraction of sp³-hybridized carbons (Fsp3) is 0.659. The van der Waals surface area contributed by atoms with E-state index in [0.29, 0.717) is 55.2 Å². The largest absolute Gasteiger partial charge is 0.497 e. The number of aromatic nitrogens is 2. The van der Waals surface area contributed by atoms with E-state index in [1.165, 1.54) is 16.6 Å². The first-order valence-corrected chi connectivity index (χ1v) is 22.5. The Hall–Kier alpha value is -4.67. The quantitative estimate of drug-likeness (QED) is 0.329. The Bertz CT molecular complexity index is 2150. The molecule has 2 bridgehead atoms. The van der Waals surface area contributed by atoms with Gasteiger partial charge in [-0.25, -0.2) is 13.2 Å². The molecule has 16 nitrogen and oxygen atoms in total. The molecule has 1 aromatic heterocycles. The van der Waals surface area contributed by atoms with E-state index in [-0.39, 0.29) is 61.4 Å². The molecule has 2 aliphatic heterocycles. The van der Waals surface area contributed by atoms with Crippen LogP contribution in [0.5, 0.6) is 11.8 Å². The third-order valence-electron chi connectivity index (χ3n) is 13.2. The molecule has 17 heteroatoms. The van der Waals surface area contributed by atoms with Gasteiger partial charge in [0.25, 0.3) is 17.5 Å². The highest BCUT2D eigenvalue weighted by Crippen LogP contribution is 2.47. The first-order chi connectivity index (χ1) is 27.9. The van der Waals surface area contributed by atoms with Crippen LogP contribution >= 0.6 is 0 Å². The summed E-state index contributed by atoms with van der Waals surface area (Å²) in [6.45, 7) is 1.93. The summed E-state index contributed by atoms with van der Waals surface area (Å²) >= 11 is 0. The van der Waals surface area contributed by atoms with Crippen molar-refractivity contribution in [1.82, 2.24) is 29.8 Å². The van der Waals surface area contributed by atoms with Crippen LogP contribution < -0.4 is 30.4 Å². The SMILES string of the molecule is CC[C@@H]1C[C@]1(NC(=O)[C@@H]1C[C@@H]2CN1C(=O)[C@H](C1CCCC1)NC(=O)O[C@@H]1CCC[C@H]1CC/C=C/Cn1c(nc3cc(OC)ccc3c1=O)O2)C(=O)NS(=O)(=O)C1CC1. The Labute approximate surface area is 337 Å². The third kappa shape index (κ3) is 8.02. The Balaban J connectivity index is 1.15. The molecule has 2 aromatic rings. The van der Waals surface area contributed by atoms with Crippen LogP contribution in [0.15, 0.2) is 35.1 Å². The van der Waals surface area contributed by atoms with Crippen molar-refractivity contribution in [2.45, 2.75) is 138 Å². The van der Waals surface area contributed by atoms with Gasteiger partial charge in [0.05, 0.1) is 29.8 Å². The molecule has 1 saturated heterocycles. The highest BCUT2D eigenvalue weighted by molar-refractivity contribution is 7.91. The van der Waals surface area contributed by atoms with Gasteiger partial charge in [0.1, 0.15) is 35.6 Å². The number of nitrogens with one attached hydrogen (secondary N) is 3. The molecule has 6 aliphatic rings. The molecule has 0 radical (unpaired) electrons. The lowest BCUT2D eigenvalue weighted by molar-refractivity contribution is -0.142. The number of carbonyl (C=O) groups excluding carboxylic acids is 4. The smallest absolute Gasteiger partial charge is 0.408 e. The summed E-state index contributed by atoms with van der Waals surface area (Å²) in [5.41, 5.74) is -1.44. The predicted octanol–water partition coefficient (Wildman–Crippen LogP) is 3.45. The van der Waals surface area contributed by atoms with Crippen molar-refractivity contribution in [3.05, 3.63) is 40.7 Å². The number of amides is 4. The fourth-order valence-corrected chi connectivity index (χ4v) is 11.0. The molecule has 4 aliphatic carbocycles. The summed E-state index contributed by atoms with van der Waals surface area (Å²) in [7, 11) is -2.38. The molecular formula is C41H54N6O10S. The Morgan fingerprint density at radius 3 is 2.50 bits per heavy atom. The van der Waals surface area contributed by atoms with E-state index in [1.54, 1.807) is 18.2 Å². The molecule has 0 spiro atoms. The number of hydrogen-bond acceptors (Lipinski definition) is 11. The lowest BCUT2D eigenvalue weighted by Crippen LogP contribution is -2.59. The average molecular weight is 823 g/mol. The molecule has 0 unspecified atom stereocenters. The van der Waals surface area contributed by atoms with Crippen LogP contribution in [0.25, 0.3) is 10.9 Å². The molecule has 58 heavy (non-hydrogen) atoms. The highest BCUT2D eigenvalue weighted by Gasteiger charge is 2.62. The Morgan fingerprint density at radius 1 is 1.00 bits per heavy atom. The summed E-state index contributed by atoms with van der Waals surface area (Å²) in [5, 5.41) is 5.54. The predicted molar refractivity (Wildman–Crippen MR) is 211 cm³/mol. The van der Waals surface area contributed by atoms with Crippen LogP contribution in [-0.4, -0.2) is 95.4 Å². The van der Waals surface area contributed by atoms with Crippen molar-refractivity contribution in [2.75, 3.05) is 13.7 Å². The van der Waals surface area contributed by atoms with Crippen molar-refractivity contribution in [1.29, 1.82) is 0 Å². The van der Waals surface area contributed by atoms with E-state index >= 15 is 0 Å². The standard InChI is InChI=1S/C41H54N6O10S/c1-3-26-22-41(26,38(51)45-58(53,54)29-16-17-29)44-35(48)32-21-28-23-47(32)37(50)34(25-11-6-7-12-25)43-40(52)57-33-14-9-13-24(33)10-5-4-8-19-46-36(49)30-18-15-27(55-2)20-31(30)42-39(46)56-28/h4,8,15,18,20,24-26,28-29,32-34H,3,5-7,9-14,16-17,19,21-23H2,1-2H3,(H,43,52)(H,44,48)(H,45,51)/b8-4+/t24-,26-,28-,32+,33-,34+,41-/m1/s1. The third-order valence-corrected chi connectivity index (χ3v) is 15.0. The highest BCUT2D eigenvalue weighted by atomic mass is 32.2. The van der Waals surface area contributed by atoms with Gasteiger partial charge in [0.2, 0.25) is 21.8 Å². The first kappa shape index (κ1) is 40.1. The van der Waals surface area contributed by atoms with Gasteiger partial charge in [-0.1, -0.05) is 38.3 Å². The molecular weight excluding hydrogens is 769 g/mol. The maximum absolute atomic E-state index is 14.9. The minimum atomic E-state index is -3.89. The van der Waals surface area contributed by atoms with Crippen LogP contribution in [0.2, 0.25) is 0 Å². The second kappa shape index (κ2) is 16.2. The Kier molecular flexibility index (Phi) is 11.2. The van der Waals surface area contributed by atoms with Gasteiger partial charge >= 0.3 is 6.09 Å². The zero-order valence-corrected chi connectivity index (χ0v) is 34.0. The number of sulfonamides is 1. The number of benzene rings is 1. The van der Waals surface area contributed by atoms with Gasteiger partial charge in [-0.05, 0) is 94.1 Å². The maximum Gasteiger partial charge on any atom is 0.408 e. The number of methoxy groups -OCH3 is 1. The molecule has 4 amide bonds. The summed E-state index contributed by atoms with van der Waals surface area (Å²) in [6, 6.07) is 2.85. The van der Waals surface area contributed by atoms with Gasteiger partial charge in [-0.15, -0.1) is 0 Å². The Morgan fingerprint density at radius 2 is 1.78 bits per heavy atom. The van der Waals surface area contributed by atoms with Crippen molar-refractivity contribution < 1.29 is 41.8 Å².